The average molecular weight is 513 g/mol. The van der Waals surface area contributed by atoms with Crippen molar-refractivity contribution < 1.29 is 18.7 Å². The maximum atomic E-state index is 13.2. The van der Waals surface area contributed by atoms with E-state index >= 15 is 0 Å². The molecule has 0 radical (unpaired) electrons. The number of nitrogens with zero attached hydrogens (tertiary/aromatic N) is 1. The first kappa shape index (κ1) is 22.0. The topological polar surface area (TPSA) is 50.8 Å². The van der Waals surface area contributed by atoms with Gasteiger partial charge in [-0.05, 0) is 78.5 Å². The minimum absolute atomic E-state index is 0.236. The molecule has 3 aromatic carbocycles. The van der Waals surface area contributed by atoms with Crippen LogP contribution in [0.15, 0.2) is 76.9 Å². The molecule has 1 heterocycles. The van der Waals surface area contributed by atoms with E-state index in [0.29, 0.717) is 17.1 Å². The lowest BCUT2D eigenvalue weighted by Gasteiger charge is -2.13. The van der Waals surface area contributed by atoms with Crippen LogP contribution in [0.1, 0.15) is 11.1 Å². The smallest absolute Gasteiger partial charge is 0.281 e. The van der Waals surface area contributed by atoms with Gasteiger partial charge in [-0.3, -0.25) is 9.69 Å². The Labute approximate surface area is 198 Å². The van der Waals surface area contributed by atoms with Gasteiger partial charge in [0.15, 0.2) is 5.11 Å². The van der Waals surface area contributed by atoms with Gasteiger partial charge in [0.2, 0.25) is 0 Å². The molecule has 8 heteroatoms. The van der Waals surface area contributed by atoms with E-state index < -0.39 is 0 Å². The van der Waals surface area contributed by atoms with Gasteiger partial charge in [0.25, 0.3) is 5.91 Å². The Morgan fingerprint density at radius 3 is 2.62 bits per heavy atom. The minimum Gasteiger partial charge on any atom is -0.496 e. The number of methoxy groups -OCH3 is 1. The predicted octanol–water partition coefficient (Wildman–Crippen LogP) is 5.44. The number of carbonyl (C=O) groups excluding carboxylic acids is 1. The summed E-state index contributed by atoms with van der Waals surface area (Å²) in [6.07, 6.45) is 1.71. The largest absolute Gasteiger partial charge is 0.496 e. The fourth-order valence-electron chi connectivity index (χ4n) is 3.25. The first-order chi connectivity index (χ1) is 15.4. The molecule has 1 aliphatic heterocycles. The van der Waals surface area contributed by atoms with Crippen LogP contribution in [0.3, 0.4) is 0 Å². The summed E-state index contributed by atoms with van der Waals surface area (Å²) in [6.45, 7) is 0.290. The Hall–Kier alpha value is -3.23. The minimum atomic E-state index is -0.383. The molecule has 0 aromatic heterocycles. The lowest BCUT2D eigenvalue weighted by molar-refractivity contribution is -0.113. The molecule has 32 heavy (non-hydrogen) atoms. The van der Waals surface area contributed by atoms with Crippen molar-refractivity contribution in [2.45, 2.75) is 6.61 Å². The molecule has 0 saturated carbocycles. The van der Waals surface area contributed by atoms with E-state index in [4.69, 9.17) is 21.7 Å². The molecule has 3 aromatic rings. The molecule has 0 spiro atoms. The molecule has 0 atom stereocenters. The summed E-state index contributed by atoms with van der Waals surface area (Å²) in [5.41, 5.74) is 2.42. The van der Waals surface area contributed by atoms with Crippen LogP contribution in [0.25, 0.3) is 6.08 Å². The third kappa shape index (κ3) is 4.81. The second-order valence-corrected chi connectivity index (χ2v) is 8.22. The number of anilines is 1. The lowest BCUT2D eigenvalue weighted by atomic mass is 10.1. The van der Waals surface area contributed by atoms with Gasteiger partial charge in [-0.2, -0.15) is 0 Å². The molecule has 1 amide bonds. The molecular weight excluding hydrogens is 495 g/mol. The van der Waals surface area contributed by atoms with Crippen LogP contribution < -0.4 is 19.7 Å². The van der Waals surface area contributed by atoms with Crippen molar-refractivity contribution in [3.63, 3.8) is 0 Å². The number of hydrogen-bond donors (Lipinski definition) is 1. The monoisotopic (exact) mass is 512 g/mol. The average Bonchev–Trinajstić information content (AvgIpc) is 3.06. The first-order valence-corrected chi connectivity index (χ1v) is 10.8. The molecule has 4 rings (SSSR count). The van der Waals surface area contributed by atoms with Gasteiger partial charge in [0.1, 0.15) is 29.6 Å². The second kappa shape index (κ2) is 9.50. The maximum absolute atomic E-state index is 13.2. The van der Waals surface area contributed by atoms with Crippen molar-refractivity contribution in [3.05, 3.63) is 93.8 Å². The van der Waals surface area contributed by atoms with E-state index in [0.717, 1.165) is 21.3 Å². The molecule has 1 aliphatic rings. The number of halogens is 2. The second-order valence-electron chi connectivity index (χ2n) is 6.92. The number of rotatable bonds is 6. The molecule has 162 valence electrons. The Balaban J connectivity index is 1.57. The van der Waals surface area contributed by atoms with Crippen LogP contribution in [0, 0.1) is 5.82 Å². The number of ether oxygens (including phenoxy) is 2. The summed E-state index contributed by atoms with van der Waals surface area (Å²) in [6, 6.07) is 18.7. The van der Waals surface area contributed by atoms with Crippen LogP contribution in [-0.2, 0) is 11.4 Å². The SMILES string of the molecule is COc1ccc(/C=C2/NC(=S)N(c3ccc(F)cc3)C2=O)cc1COc1cccc(Br)c1. The van der Waals surface area contributed by atoms with Gasteiger partial charge in [0, 0.05) is 10.0 Å². The van der Waals surface area contributed by atoms with E-state index in [9.17, 15) is 9.18 Å². The normalized spacial score (nSPS) is 14.6. The summed E-state index contributed by atoms with van der Waals surface area (Å²) in [5.74, 6) is 0.699. The fourth-order valence-corrected chi connectivity index (χ4v) is 3.92. The van der Waals surface area contributed by atoms with Gasteiger partial charge >= 0.3 is 0 Å². The zero-order valence-corrected chi connectivity index (χ0v) is 19.4. The number of thiocarbonyl (C=S) groups is 1. The van der Waals surface area contributed by atoms with Crippen molar-refractivity contribution in [1.82, 2.24) is 5.32 Å². The third-order valence-corrected chi connectivity index (χ3v) is 5.55. The van der Waals surface area contributed by atoms with Crippen LogP contribution in [0.5, 0.6) is 11.5 Å². The quantitative estimate of drug-likeness (QED) is 0.352. The molecule has 5 nitrogen and oxygen atoms in total. The van der Waals surface area contributed by atoms with E-state index in [1.54, 1.807) is 13.2 Å². The highest BCUT2D eigenvalue weighted by Gasteiger charge is 2.32. The van der Waals surface area contributed by atoms with E-state index in [2.05, 4.69) is 21.2 Å². The van der Waals surface area contributed by atoms with Crippen LogP contribution >= 0.6 is 28.1 Å². The van der Waals surface area contributed by atoms with Gasteiger partial charge in [-0.25, -0.2) is 4.39 Å². The van der Waals surface area contributed by atoms with Crippen LogP contribution in [0.2, 0.25) is 0 Å². The Morgan fingerprint density at radius 1 is 1.12 bits per heavy atom. The summed E-state index contributed by atoms with van der Waals surface area (Å²) < 4.78 is 25.5. The van der Waals surface area contributed by atoms with E-state index in [-0.39, 0.29) is 23.4 Å². The van der Waals surface area contributed by atoms with Gasteiger partial charge in [-0.1, -0.05) is 28.1 Å². The van der Waals surface area contributed by atoms with Crippen molar-refractivity contribution in [1.29, 1.82) is 0 Å². The highest BCUT2D eigenvalue weighted by Crippen LogP contribution is 2.26. The highest BCUT2D eigenvalue weighted by molar-refractivity contribution is 9.10. The zero-order chi connectivity index (χ0) is 22.7. The number of carbonyl (C=O) groups is 1. The van der Waals surface area contributed by atoms with Gasteiger partial charge < -0.3 is 14.8 Å². The summed E-state index contributed by atoms with van der Waals surface area (Å²) in [5, 5.41) is 3.17. The zero-order valence-electron chi connectivity index (χ0n) is 17.0. The summed E-state index contributed by atoms with van der Waals surface area (Å²) in [4.78, 5) is 14.3. The van der Waals surface area contributed by atoms with Crippen LogP contribution in [-0.4, -0.2) is 18.1 Å². The van der Waals surface area contributed by atoms with Gasteiger partial charge in [0.05, 0.1) is 12.8 Å². The maximum Gasteiger partial charge on any atom is 0.281 e. The number of benzene rings is 3. The van der Waals surface area contributed by atoms with Crippen molar-refractivity contribution in [2.75, 3.05) is 12.0 Å². The third-order valence-electron chi connectivity index (χ3n) is 4.77. The van der Waals surface area contributed by atoms with Crippen molar-refractivity contribution in [3.8, 4) is 11.5 Å². The fraction of sp³-hybridized carbons (Fsp3) is 0.0833. The standard InChI is InChI=1S/C24H18BrFN2O3S/c1-30-22-10-5-15(11-16(22)14-31-20-4-2-3-17(25)13-20)12-21-23(29)28(24(32)27-21)19-8-6-18(26)7-9-19/h2-13H,14H2,1H3,(H,27,32)/b21-12+. The Morgan fingerprint density at radius 2 is 1.91 bits per heavy atom. The Bertz CT molecular complexity index is 1210. The number of amides is 1. The van der Waals surface area contributed by atoms with Gasteiger partial charge in [-0.15, -0.1) is 0 Å². The number of nitrogens with one attached hydrogen (secondary N) is 1. The van der Waals surface area contributed by atoms with E-state index in [1.807, 2.05) is 42.5 Å². The Kier molecular flexibility index (Phi) is 6.53. The van der Waals surface area contributed by atoms with Crippen LogP contribution in [0.4, 0.5) is 10.1 Å². The molecular formula is C24H18BrFN2O3S. The first-order valence-electron chi connectivity index (χ1n) is 9.62. The van der Waals surface area contributed by atoms with Crippen molar-refractivity contribution in [2.24, 2.45) is 0 Å². The number of hydrogen-bond acceptors (Lipinski definition) is 4. The summed E-state index contributed by atoms with van der Waals surface area (Å²) in [7, 11) is 1.59. The lowest BCUT2D eigenvalue weighted by Crippen LogP contribution is -2.30. The molecule has 1 N–H and O–H groups in total. The molecule has 0 unspecified atom stereocenters. The molecule has 0 bridgehead atoms. The molecule has 1 fully saturated rings. The highest BCUT2D eigenvalue weighted by atomic mass is 79.9. The summed E-state index contributed by atoms with van der Waals surface area (Å²) >= 11 is 8.74. The molecule has 0 aliphatic carbocycles. The van der Waals surface area contributed by atoms with Crippen molar-refractivity contribution >= 4 is 50.9 Å². The van der Waals surface area contributed by atoms with E-state index in [1.165, 1.54) is 29.2 Å². The predicted molar refractivity (Wildman–Crippen MR) is 129 cm³/mol. The molecule has 1 saturated heterocycles.